The normalized spacial score (nSPS) is 19.7. The first-order valence-corrected chi connectivity index (χ1v) is 10.0. The maximum Gasteiger partial charge on any atom is 0.320 e. The molecule has 8 nitrogen and oxygen atoms in total. The number of carbonyl (C=O) groups excluding carboxylic acids is 2. The first kappa shape index (κ1) is 18.7. The van der Waals surface area contributed by atoms with Crippen LogP contribution in [0.25, 0.3) is 11.4 Å². The van der Waals surface area contributed by atoms with E-state index in [1.54, 1.807) is 11.0 Å². The SMILES string of the molecule is O=C(Nc1n[nH]c(-c2ccccc2Cl)n1)C1CCCN(C(=O)N2CCCC2)C1. The molecule has 148 valence electrons. The zero-order valence-electron chi connectivity index (χ0n) is 15.5. The highest BCUT2D eigenvalue weighted by Crippen LogP contribution is 2.25. The molecular weight excluding hydrogens is 380 g/mol. The molecule has 28 heavy (non-hydrogen) atoms. The number of urea groups is 1. The number of hydrogen-bond donors (Lipinski definition) is 2. The van der Waals surface area contributed by atoms with Gasteiger partial charge in [-0.05, 0) is 37.8 Å². The zero-order chi connectivity index (χ0) is 19.5. The molecule has 2 aliphatic heterocycles. The summed E-state index contributed by atoms with van der Waals surface area (Å²) >= 11 is 6.18. The summed E-state index contributed by atoms with van der Waals surface area (Å²) in [6, 6.07) is 7.34. The van der Waals surface area contributed by atoms with Gasteiger partial charge in [-0.15, -0.1) is 5.10 Å². The number of nitrogens with one attached hydrogen (secondary N) is 2. The minimum atomic E-state index is -0.262. The number of hydrogen-bond acceptors (Lipinski definition) is 4. The van der Waals surface area contributed by atoms with Gasteiger partial charge in [0, 0.05) is 31.7 Å². The van der Waals surface area contributed by atoms with E-state index in [2.05, 4.69) is 20.5 Å². The molecule has 3 heterocycles. The van der Waals surface area contributed by atoms with E-state index in [9.17, 15) is 9.59 Å². The Morgan fingerprint density at radius 2 is 1.86 bits per heavy atom. The van der Waals surface area contributed by atoms with Crippen molar-refractivity contribution in [1.29, 1.82) is 0 Å². The molecule has 1 aromatic carbocycles. The van der Waals surface area contributed by atoms with Gasteiger partial charge in [-0.25, -0.2) is 4.79 Å². The van der Waals surface area contributed by atoms with Gasteiger partial charge in [0.15, 0.2) is 5.82 Å². The molecule has 1 atom stereocenters. The number of carbonyl (C=O) groups is 2. The smallest absolute Gasteiger partial charge is 0.320 e. The van der Waals surface area contributed by atoms with Crippen molar-refractivity contribution >= 4 is 29.5 Å². The Morgan fingerprint density at radius 1 is 1.11 bits per heavy atom. The second-order valence-corrected chi connectivity index (χ2v) is 7.65. The van der Waals surface area contributed by atoms with E-state index in [4.69, 9.17) is 11.6 Å². The molecule has 3 amide bonds. The monoisotopic (exact) mass is 402 g/mol. The zero-order valence-corrected chi connectivity index (χ0v) is 16.3. The fraction of sp³-hybridized carbons (Fsp3) is 0.474. The lowest BCUT2D eigenvalue weighted by atomic mass is 9.97. The molecule has 2 N–H and O–H groups in total. The van der Waals surface area contributed by atoms with Gasteiger partial charge in [-0.2, -0.15) is 4.98 Å². The lowest BCUT2D eigenvalue weighted by molar-refractivity contribution is -0.121. The van der Waals surface area contributed by atoms with Crippen molar-refractivity contribution < 1.29 is 9.59 Å². The van der Waals surface area contributed by atoms with Crippen LogP contribution in [-0.4, -0.2) is 63.1 Å². The Balaban J connectivity index is 1.38. The number of H-pyrrole nitrogens is 1. The summed E-state index contributed by atoms with van der Waals surface area (Å²) in [7, 11) is 0. The van der Waals surface area contributed by atoms with Crippen LogP contribution >= 0.6 is 11.6 Å². The summed E-state index contributed by atoms with van der Waals surface area (Å²) in [6.45, 7) is 2.77. The molecule has 0 radical (unpaired) electrons. The van der Waals surface area contributed by atoms with Crippen LogP contribution in [0.4, 0.5) is 10.7 Å². The third-order valence-electron chi connectivity index (χ3n) is 5.29. The molecule has 9 heteroatoms. The number of anilines is 1. The molecule has 0 saturated carbocycles. The van der Waals surface area contributed by atoms with Crippen molar-refractivity contribution in [3.63, 3.8) is 0 Å². The maximum absolute atomic E-state index is 12.7. The Labute approximate surface area is 168 Å². The van der Waals surface area contributed by atoms with E-state index < -0.39 is 0 Å². The third kappa shape index (κ3) is 3.96. The van der Waals surface area contributed by atoms with Crippen molar-refractivity contribution in [1.82, 2.24) is 25.0 Å². The van der Waals surface area contributed by atoms with Crippen LogP contribution in [0.5, 0.6) is 0 Å². The lowest BCUT2D eigenvalue weighted by Crippen LogP contribution is -2.48. The van der Waals surface area contributed by atoms with Crippen LogP contribution in [0.15, 0.2) is 24.3 Å². The van der Waals surface area contributed by atoms with Gasteiger partial charge in [-0.3, -0.25) is 15.2 Å². The van der Waals surface area contributed by atoms with Crippen molar-refractivity contribution in [2.24, 2.45) is 5.92 Å². The highest BCUT2D eigenvalue weighted by molar-refractivity contribution is 6.33. The quantitative estimate of drug-likeness (QED) is 0.825. The van der Waals surface area contributed by atoms with Crippen molar-refractivity contribution in [2.75, 3.05) is 31.5 Å². The lowest BCUT2D eigenvalue weighted by Gasteiger charge is -2.34. The van der Waals surface area contributed by atoms with E-state index in [1.807, 2.05) is 23.1 Å². The van der Waals surface area contributed by atoms with Crippen molar-refractivity contribution in [3.8, 4) is 11.4 Å². The van der Waals surface area contributed by atoms with E-state index >= 15 is 0 Å². The summed E-state index contributed by atoms with van der Waals surface area (Å²) in [5.74, 6) is 0.282. The summed E-state index contributed by atoms with van der Waals surface area (Å²) in [6.07, 6.45) is 3.68. The molecule has 0 aliphatic carbocycles. The van der Waals surface area contributed by atoms with Gasteiger partial charge in [0.1, 0.15) is 0 Å². The average molecular weight is 403 g/mol. The highest BCUT2D eigenvalue weighted by Gasteiger charge is 2.32. The number of aromatic amines is 1. The fourth-order valence-electron chi connectivity index (χ4n) is 3.78. The van der Waals surface area contributed by atoms with E-state index in [-0.39, 0.29) is 23.8 Å². The summed E-state index contributed by atoms with van der Waals surface area (Å²) in [4.78, 5) is 33.3. The molecule has 2 aromatic rings. The third-order valence-corrected chi connectivity index (χ3v) is 5.62. The molecular formula is C19H23ClN6O2. The maximum atomic E-state index is 12.7. The predicted octanol–water partition coefficient (Wildman–Crippen LogP) is 2.99. The second kappa shape index (κ2) is 8.18. The van der Waals surface area contributed by atoms with Crippen LogP contribution in [-0.2, 0) is 4.79 Å². The first-order chi connectivity index (χ1) is 13.6. The molecule has 0 bridgehead atoms. The minimum Gasteiger partial charge on any atom is -0.325 e. The van der Waals surface area contributed by atoms with Gasteiger partial charge >= 0.3 is 6.03 Å². The highest BCUT2D eigenvalue weighted by atomic mass is 35.5. The number of amides is 3. The van der Waals surface area contributed by atoms with Crippen LogP contribution < -0.4 is 5.32 Å². The number of benzene rings is 1. The van der Waals surface area contributed by atoms with Gasteiger partial charge in [0.2, 0.25) is 11.9 Å². The second-order valence-electron chi connectivity index (χ2n) is 7.24. The number of halogens is 1. The molecule has 1 unspecified atom stereocenters. The molecule has 4 rings (SSSR count). The Bertz CT molecular complexity index is 864. The number of aromatic nitrogens is 3. The van der Waals surface area contributed by atoms with Crippen molar-refractivity contribution in [2.45, 2.75) is 25.7 Å². The van der Waals surface area contributed by atoms with Gasteiger partial charge in [-0.1, -0.05) is 23.7 Å². The molecule has 0 spiro atoms. The van der Waals surface area contributed by atoms with Gasteiger partial charge in [0.25, 0.3) is 0 Å². The first-order valence-electron chi connectivity index (χ1n) is 9.64. The van der Waals surface area contributed by atoms with Gasteiger partial charge in [0.05, 0.1) is 10.9 Å². The Morgan fingerprint density at radius 3 is 2.64 bits per heavy atom. The van der Waals surface area contributed by atoms with Crippen LogP contribution in [0.2, 0.25) is 5.02 Å². The molecule has 2 aliphatic rings. The molecule has 1 aromatic heterocycles. The summed E-state index contributed by atoms with van der Waals surface area (Å²) in [5.41, 5.74) is 0.720. The number of rotatable bonds is 3. The van der Waals surface area contributed by atoms with Crippen LogP contribution in [0.1, 0.15) is 25.7 Å². The fourth-order valence-corrected chi connectivity index (χ4v) is 4.00. The average Bonchev–Trinajstić information content (AvgIpc) is 3.40. The Hall–Kier alpha value is -2.61. The standard InChI is InChI=1S/C19H23ClN6O2/c20-15-8-2-1-7-14(15)16-21-18(24-23-16)22-17(27)13-6-5-11-26(12-13)19(28)25-9-3-4-10-25/h1-2,7-8,13H,3-6,9-12H2,(H2,21,22,23,24,27). The van der Waals surface area contributed by atoms with Crippen LogP contribution in [0.3, 0.4) is 0 Å². The topological polar surface area (TPSA) is 94.2 Å². The van der Waals surface area contributed by atoms with E-state index in [0.29, 0.717) is 23.9 Å². The predicted molar refractivity (Wildman–Crippen MR) is 106 cm³/mol. The van der Waals surface area contributed by atoms with Crippen molar-refractivity contribution in [3.05, 3.63) is 29.3 Å². The van der Waals surface area contributed by atoms with Crippen LogP contribution in [0, 0.1) is 5.92 Å². The summed E-state index contributed by atoms with van der Waals surface area (Å²) < 4.78 is 0. The Kier molecular flexibility index (Phi) is 5.47. The molecule has 2 fully saturated rings. The van der Waals surface area contributed by atoms with E-state index in [1.165, 1.54) is 0 Å². The summed E-state index contributed by atoms with van der Waals surface area (Å²) in [5, 5.41) is 10.2. The van der Waals surface area contributed by atoms with E-state index in [0.717, 1.165) is 44.3 Å². The number of likely N-dealkylation sites (tertiary alicyclic amines) is 2. The number of piperidine rings is 1. The largest absolute Gasteiger partial charge is 0.325 e. The minimum absolute atomic E-state index is 0.0499. The molecule has 2 saturated heterocycles. The number of nitrogens with zero attached hydrogens (tertiary/aromatic N) is 4. The van der Waals surface area contributed by atoms with Gasteiger partial charge < -0.3 is 9.80 Å².